The highest BCUT2D eigenvalue weighted by molar-refractivity contribution is 5.76. The monoisotopic (exact) mass is 283 g/mol. The molecular formula is C17H18FN3. The predicted octanol–water partition coefficient (Wildman–Crippen LogP) is 4.12. The van der Waals surface area contributed by atoms with Crippen LogP contribution >= 0.6 is 0 Å². The number of hydrogen-bond donors (Lipinski definition) is 1. The molecule has 4 heteroatoms. The minimum Gasteiger partial charge on any atom is -0.378 e. The van der Waals surface area contributed by atoms with Crippen LogP contribution in [-0.2, 0) is 13.1 Å². The van der Waals surface area contributed by atoms with Crippen LogP contribution in [0.1, 0.15) is 18.3 Å². The highest BCUT2D eigenvalue weighted by Gasteiger charge is 2.12. The third kappa shape index (κ3) is 2.61. The summed E-state index contributed by atoms with van der Waals surface area (Å²) in [5, 5.41) is 3.34. The van der Waals surface area contributed by atoms with E-state index < -0.39 is 0 Å². The van der Waals surface area contributed by atoms with E-state index in [4.69, 9.17) is 0 Å². The Hall–Kier alpha value is -2.36. The van der Waals surface area contributed by atoms with Crippen molar-refractivity contribution in [3.8, 4) is 0 Å². The lowest BCUT2D eigenvalue weighted by atomic mass is 10.2. The molecule has 0 saturated carbocycles. The second-order valence-corrected chi connectivity index (χ2v) is 5.10. The quantitative estimate of drug-likeness (QED) is 0.780. The number of anilines is 1. The molecule has 0 unspecified atom stereocenters. The topological polar surface area (TPSA) is 29.9 Å². The molecule has 3 nitrogen and oxygen atoms in total. The fraction of sp³-hybridized carbons (Fsp3) is 0.235. The number of halogens is 1. The SMILES string of the molecule is CCn1c(CNc2ccc(C)cc2)nc2c(F)cccc21. The molecule has 2 aromatic carbocycles. The fourth-order valence-electron chi connectivity index (χ4n) is 2.50. The van der Waals surface area contributed by atoms with Crippen molar-refractivity contribution in [2.45, 2.75) is 26.9 Å². The maximum Gasteiger partial charge on any atom is 0.151 e. The number of para-hydroxylation sites is 1. The number of fused-ring (bicyclic) bond motifs is 1. The van der Waals surface area contributed by atoms with Crippen LogP contribution in [-0.4, -0.2) is 9.55 Å². The van der Waals surface area contributed by atoms with E-state index in [2.05, 4.69) is 29.4 Å². The summed E-state index contributed by atoms with van der Waals surface area (Å²) in [4.78, 5) is 4.44. The molecule has 108 valence electrons. The highest BCUT2D eigenvalue weighted by atomic mass is 19.1. The number of aryl methyl sites for hydroxylation is 2. The molecule has 0 bridgehead atoms. The van der Waals surface area contributed by atoms with Crippen LogP contribution in [0.2, 0.25) is 0 Å². The molecule has 0 saturated heterocycles. The third-order valence-corrected chi connectivity index (χ3v) is 3.63. The summed E-state index contributed by atoms with van der Waals surface area (Å²) >= 11 is 0. The van der Waals surface area contributed by atoms with Crippen molar-refractivity contribution in [3.05, 3.63) is 59.7 Å². The van der Waals surface area contributed by atoms with Gasteiger partial charge in [0.15, 0.2) is 5.82 Å². The molecule has 0 atom stereocenters. The van der Waals surface area contributed by atoms with Gasteiger partial charge in [-0.3, -0.25) is 0 Å². The Bertz CT molecular complexity index is 760. The Morgan fingerprint density at radius 1 is 1.14 bits per heavy atom. The van der Waals surface area contributed by atoms with Gasteiger partial charge in [-0.15, -0.1) is 0 Å². The van der Waals surface area contributed by atoms with Crippen LogP contribution < -0.4 is 5.32 Å². The molecule has 21 heavy (non-hydrogen) atoms. The van der Waals surface area contributed by atoms with Gasteiger partial charge in [0.25, 0.3) is 0 Å². The van der Waals surface area contributed by atoms with Crippen molar-refractivity contribution < 1.29 is 4.39 Å². The lowest BCUT2D eigenvalue weighted by molar-refractivity contribution is 0.637. The van der Waals surface area contributed by atoms with Crippen molar-refractivity contribution in [2.75, 3.05) is 5.32 Å². The first-order chi connectivity index (χ1) is 10.2. The van der Waals surface area contributed by atoms with E-state index in [1.807, 2.05) is 29.7 Å². The first-order valence-electron chi connectivity index (χ1n) is 7.13. The van der Waals surface area contributed by atoms with E-state index >= 15 is 0 Å². The summed E-state index contributed by atoms with van der Waals surface area (Å²) in [6.07, 6.45) is 0. The lowest BCUT2D eigenvalue weighted by Crippen LogP contribution is -2.07. The second kappa shape index (κ2) is 5.56. The van der Waals surface area contributed by atoms with Crippen LogP contribution in [0.5, 0.6) is 0 Å². The van der Waals surface area contributed by atoms with Crippen LogP contribution in [0.15, 0.2) is 42.5 Å². The van der Waals surface area contributed by atoms with Crippen LogP contribution in [0.3, 0.4) is 0 Å². The molecule has 0 spiro atoms. The Balaban J connectivity index is 1.89. The fourth-order valence-corrected chi connectivity index (χ4v) is 2.50. The van der Waals surface area contributed by atoms with Gasteiger partial charge >= 0.3 is 0 Å². The van der Waals surface area contributed by atoms with Gasteiger partial charge in [0, 0.05) is 12.2 Å². The average molecular weight is 283 g/mol. The molecule has 1 N–H and O–H groups in total. The second-order valence-electron chi connectivity index (χ2n) is 5.10. The Kier molecular flexibility index (Phi) is 3.60. The van der Waals surface area contributed by atoms with Crippen LogP contribution in [0, 0.1) is 12.7 Å². The van der Waals surface area contributed by atoms with Crippen molar-refractivity contribution >= 4 is 16.7 Å². The van der Waals surface area contributed by atoms with Crippen LogP contribution in [0.4, 0.5) is 10.1 Å². The Labute approximate surface area is 123 Å². The summed E-state index contributed by atoms with van der Waals surface area (Å²) in [6, 6.07) is 13.3. The maximum atomic E-state index is 13.8. The summed E-state index contributed by atoms with van der Waals surface area (Å²) in [5.41, 5.74) is 3.55. The van der Waals surface area contributed by atoms with E-state index in [0.717, 1.165) is 23.6 Å². The largest absolute Gasteiger partial charge is 0.378 e. The molecule has 1 heterocycles. The molecule has 3 rings (SSSR count). The van der Waals surface area contributed by atoms with E-state index in [1.54, 1.807) is 6.07 Å². The van der Waals surface area contributed by atoms with Crippen LogP contribution in [0.25, 0.3) is 11.0 Å². The summed E-state index contributed by atoms with van der Waals surface area (Å²) in [7, 11) is 0. The average Bonchev–Trinajstić information content (AvgIpc) is 2.86. The highest BCUT2D eigenvalue weighted by Crippen LogP contribution is 2.20. The van der Waals surface area contributed by atoms with E-state index in [1.165, 1.54) is 11.6 Å². The Morgan fingerprint density at radius 2 is 1.90 bits per heavy atom. The van der Waals surface area contributed by atoms with Gasteiger partial charge in [-0.1, -0.05) is 23.8 Å². The maximum absolute atomic E-state index is 13.8. The molecule has 3 aromatic rings. The molecule has 0 aliphatic heterocycles. The summed E-state index contributed by atoms with van der Waals surface area (Å²) < 4.78 is 15.9. The number of nitrogens with one attached hydrogen (secondary N) is 1. The first kappa shape index (κ1) is 13.6. The molecule has 0 aliphatic carbocycles. The van der Waals surface area contributed by atoms with Crippen molar-refractivity contribution in [1.82, 2.24) is 9.55 Å². The standard InChI is InChI=1S/C17H18FN3/c1-3-21-15-6-4-5-14(18)17(15)20-16(21)11-19-13-9-7-12(2)8-10-13/h4-10,19H,3,11H2,1-2H3. The molecule has 0 amide bonds. The number of benzene rings is 2. The zero-order chi connectivity index (χ0) is 14.8. The smallest absolute Gasteiger partial charge is 0.151 e. The number of rotatable bonds is 4. The van der Waals surface area contributed by atoms with E-state index in [-0.39, 0.29) is 5.82 Å². The number of aromatic nitrogens is 2. The molecule has 1 aromatic heterocycles. The van der Waals surface area contributed by atoms with Gasteiger partial charge in [0.05, 0.1) is 12.1 Å². The number of hydrogen-bond acceptors (Lipinski definition) is 2. The van der Waals surface area contributed by atoms with Gasteiger partial charge in [-0.2, -0.15) is 0 Å². The summed E-state index contributed by atoms with van der Waals surface area (Å²) in [5.74, 6) is 0.578. The summed E-state index contributed by atoms with van der Waals surface area (Å²) in [6.45, 7) is 5.44. The van der Waals surface area contributed by atoms with Gasteiger partial charge in [0.2, 0.25) is 0 Å². The minimum absolute atomic E-state index is 0.267. The molecule has 0 fully saturated rings. The van der Waals surface area contributed by atoms with Gasteiger partial charge in [-0.05, 0) is 38.1 Å². The zero-order valence-electron chi connectivity index (χ0n) is 12.2. The predicted molar refractivity (Wildman–Crippen MR) is 83.9 cm³/mol. The Morgan fingerprint density at radius 3 is 2.62 bits per heavy atom. The van der Waals surface area contributed by atoms with Crippen molar-refractivity contribution in [2.24, 2.45) is 0 Å². The number of nitrogens with zero attached hydrogens (tertiary/aromatic N) is 2. The van der Waals surface area contributed by atoms with Gasteiger partial charge in [-0.25, -0.2) is 9.37 Å². The van der Waals surface area contributed by atoms with Gasteiger partial charge < -0.3 is 9.88 Å². The molecule has 0 aliphatic rings. The number of imidazole rings is 1. The first-order valence-corrected chi connectivity index (χ1v) is 7.13. The van der Waals surface area contributed by atoms with E-state index in [9.17, 15) is 4.39 Å². The van der Waals surface area contributed by atoms with E-state index in [0.29, 0.717) is 12.1 Å². The van der Waals surface area contributed by atoms with Crippen molar-refractivity contribution in [3.63, 3.8) is 0 Å². The lowest BCUT2D eigenvalue weighted by Gasteiger charge is -2.08. The molecule has 0 radical (unpaired) electrons. The normalized spacial score (nSPS) is 11.0. The molecular weight excluding hydrogens is 265 g/mol. The third-order valence-electron chi connectivity index (χ3n) is 3.63. The minimum atomic E-state index is -0.267. The van der Waals surface area contributed by atoms with Crippen molar-refractivity contribution in [1.29, 1.82) is 0 Å². The zero-order valence-corrected chi connectivity index (χ0v) is 12.2. The van der Waals surface area contributed by atoms with Gasteiger partial charge in [0.1, 0.15) is 11.3 Å².